The minimum Gasteiger partial charge on any atom is -0.506 e. The topological polar surface area (TPSA) is 49.3 Å². The van der Waals surface area contributed by atoms with Crippen LogP contribution in [0.15, 0.2) is 53.0 Å². The summed E-state index contributed by atoms with van der Waals surface area (Å²) >= 11 is 3.29. The van der Waals surface area contributed by atoms with E-state index in [2.05, 4.69) is 21.2 Å². The number of rotatable bonds is 3. The molecule has 0 heterocycles. The zero-order valence-corrected chi connectivity index (χ0v) is 11.1. The average molecular weight is 306 g/mol. The summed E-state index contributed by atoms with van der Waals surface area (Å²) in [5.74, 6) is -0.103. The number of carbonyl (C=O) groups excluding carboxylic acids is 1. The van der Waals surface area contributed by atoms with E-state index in [1.54, 1.807) is 12.1 Å². The molecule has 1 amide bonds. The minimum absolute atomic E-state index is 0.0552. The molecular weight excluding hydrogens is 294 g/mol. The van der Waals surface area contributed by atoms with Gasteiger partial charge in [0.1, 0.15) is 5.75 Å². The fraction of sp³-hybridized carbons (Fsp3) is 0.0714. The van der Waals surface area contributed by atoms with E-state index in [-0.39, 0.29) is 18.1 Å². The maximum atomic E-state index is 11.8. The molecule has 18 heavy (non-hydrogen) atoms. The number of anilines is 1. The molecule has 2 aromatic rings. The van der Waals surface area contributed by atoms with Gasteiger partial charge in [-0.2, -0.15) is 0 Å². The van der Waals surface area contributed by atoms with Gasteiger partial charge in [-0.3, -0.25) is 4.79 Å². The van der Waals surface area contributed by atoms with Crippen molar-refractivity contribution >= 4 is 27.5 Å². The van der Waals surface area contributed by atoms with Crippen LogP contribution in [0.4, 0.5) is 5.69 Å². The highest BCUT2D eigenvalue weighted by molar-refractivity contribution is 9.10. The van der Waals surface area contributed by atoms with Crippen LogP contribution in [-0.4, -0.2) is 11.0 Å². The zero-order valence-electron chi connectivity index (χ0n) is 9.56. The first-order chi connectivity index (χ1) is 8.65. The summed E-state index contributed by atoms with van der Waals surface area (Å²) in [6.07, 6.45) is 0.285. The molecule has 0 saturated heterocycles. The zero-order chi connectivity index (χ0) is 13.0. The van der Waals surface area contributed by atoms with Gasteiger partial charge in [-0.05, 0) is 23.8 Å². The highest BCUT2D eigenvalue weighted by Gasteiger charge is 2.07. The van der Waals surface area contributed by atoms with Gasteiger partial charge in [0, 0.05) is 4.47 Å². The summed E-state index contributed by atoms with van der Waals surface area (Å²) in [6, 6.07) is 14.4. The fourth-order valence-electron chi connectivity index (χ4n) is 1.58. The Kier molecular flexibility index (Phi) is 3.99. The largest absolute Gasteiger partial charge is 0.506 e. The van der Waals surface area contributed by atoms with Crippen molar-refractivity contribution < 1.29 is 9.90 Å². The molecule has 0 aliphatic heterocycles. The summed E-state index contributed by atoms with van der Waals surface area (Å²) < 4.78 is 0.801. The van der Waals surface area contributed by atoms with E-state index >= 15 is 0 Å². The lowest BCUT2D eigenvalue weighted by Crippen LogP contribution is -2.14. The number of phenols is 1. The van der Waals surface area contributed by atoms with Crippen LogP contribution in [0.5, 0.6) is 5.75 Å². The number of hydrogen-bond acceptors (Lipinski definition) is 2. The first kappa shape index (κ1) is 12.6. The van der Waals surface area contributed by atoms with Crippen molar-refractivity contribution in [2.24, 2.45) is 0 Å². The van der Waals surface area contributed by atoms with E-state index in [0.717, 1.165) is 10.0 Å². The Labute approximate surface area is 114 Å². The molecule has 92 valence electrons. The molecule has 4 heteroatoms. The van der Waals surface area contributed by atoms with Gasteiger partial charge in [0.25, 0.3) is 0 Å². The van der Waals surface area contributed by atoms with Crippen LogP contribution in [0, 0.1) is 0 Å². The second-order valence-electron chi connectivity index (χ2n) is 3.87. The molecule has 2 rings (SSSR count). The number of nitrogens with one attached hydrogen (secondary N) is 1. The van der Waals surface area contributed by atoms with Crippen molar-refractivity contribution in [1.82, 2.24) is 0 Å². The normalized spacial score (nSPS) is 10.1. The molecule has 2 N–H and O–H groups in total. The number of hydrogen-bond donors (Lipinski definition) is 2. The van der Waals surface area contributed by atoms with Crippen LogP contribution < -0.4 is 5.32 Å². The number of phenolic OH excluding ortho intramolecular Hbond substituents is 1. The first-order valence-electron chi connectivity index (χ1n) is 5.47. The quantitative estimate of drug-likeness (QED) is 0.855. The average Bonchev–Trinajstić information content (AvgIpc) is 2.35. The second kappa shape index (κ2) is 5.69. The van der Waals surface area contributed by atoms with Gasteiger partial charge in [0.05, 0.1) is 12.1 Å². The maximum Gasteiger partial charge on any atom is 0.228 e. The molecule has 2 aromatic carbocycles. The van der Waals surface area contributed by atoms with E-state index in [4.69, 9.17) is 0 Å². The molecule has 0 aliphatic carbocycles. The predicted molar refractivity (Wildman–Crippen MR) is 74.6 cm³/mol. The number of amides is 1. The van der Waals surface area contributed by atoms with Crippen LogP contribution in [0.2, 0.25) is 0 Å². The lowest BCUT2D eigenvalue weighted by atomic mass is 10.1. The Hall–Kier alpha value is -1.81. The molecule has 0 spiro atoms. The maximum absolute atomic E-state index is 11.8. The lowest BCUT2D eigenvalue weighted by Gasteiger charge is -2.07. The molecule has 0 aromatic heterocycles. The highest BCUT2D eigenvalue weighted by atomic mass is 79.9. The van der Waals surface area contributed by atoms with Gasteiger partial charge >= 0.3 is 0 Å². The molecule has 0 unspecified atom stereocenters. The molecule has 0 saturated carbocycles. The third kappa shape index (κ3) is 3.34. The summed E-state index contributed by atoms with van der Waals surface area (Å²) in [5.41, 5.74) is 1.34. The van der Waals surface area contributed by atoms with Crippen molar-refractivity contribution in [3.63, 3.8) is 0 Å². The van der Waals surface area contributed by atoms with Crippen LogP contribution in [0.25, 0.3) is 0 Å². The van der Waals surface area contributed by atoms with E-state index < -0.39 is 0 Å². The summed E-state index contributed by atoms with van der Waals surface area (Å²) in [5, 5.41) is 12.3. The standard InChI is InChI=1S/C14H12BrNO2/c15-11-6-7-13(17)12(9-11)16-14(18)8-10-4-2-1-3-5-10/h1-7,9,17H,8H2,(H,16,18). The van der Waals surface area contributed by atoms with Crippen LogP contribution in [0.3, 0.4) is 0 Å². The van der Waals surface area contributed by atoms with Gasteiger partial charge in [-0.1, -0.05) is 46.3 Å². The van der Waals surface area contributed by atoms with E-state index in [9.17, 15) is 9.90 Å². The summed E-state index contributed by atoms with van der Waals surface area (Å²) in [6.45, 7) is 0. The first-order valence-corrected chi connectivity index (χ1v) is 6.27. The SMILES string of the molecule is O=C(Cc1ccccc1)Nc1cc(Br)ccc1O. The number of halogens is 1. The number of benzene rings is 2. The van der Waals surface area contributed by atoms with Crippen LogP contribution in [-0.2, 0) is 11.2 Å². The Morgan fingerprint density at radius 3 is 2.61 bits per heavy atom. The smallest absolute Gasteiger partial charge is 0.228 e. The van der Waals surface area contributed by atoms with Crippen molar-refractivity contribution in [2.45, 2.75) is 6.42 Å². The molecule has 0 aliphatic rings. The Morgan fingerprint density at radius 2 is 1.89 bits per heavy atom. The van der Waals surface area contributed by atoms with Crippen molar-refractivity contribution in [3.05, 3.63) is 58.6 Å². The minimum atomic E-state index is -0.158. The molecule has 0 bridgehead atoms. The number of carbonyl (C=O) groups is 1. The van der Waals surface area contributed by atoms with E-state index in [1.165, 1.54) is 6.07 Å². The van der Waals surface area contributed by atoms with Gasteiger partial charge in [-0.15, -0.1) is 0 Å². The fourth-order valence-corrected chi connectivity index (χ4v) is 1.95. The Balaban J connectivity index is 2.05. The van der Waals surface area contributed by atoms with E-state index in [0.29, 0.717) is 5.69 Å². The number of aromatic hydroxyl groups is 1. The molecule has 0 atom stereocenters. The lowest BCUT2D eigenvalue weighted by molar-refractivity contribution is -0.115. The predicted octanol–water partition coefficient (Wildman–Crippen LogP) is 3.34. The molecule has 3 nitrogen and oxygen atoms in total. The van der Waals surface area contributed by atoms with Gasteiger partial charge in [0.2, 0.25) is 5.91 Å². The summed E-state index contributed by atoms with van der Waals surface area (Å²) in [4.78, 5) is 11.8. The van der Waals surface area contributed by atoms with Crippen molar-refractivity contribution in [1.29, 1.82) is 0 Å². The van der Waals surface area contributed by atoms with Crippen molar-refractivity contribution in [2.75, 3.05) is 5.32 Å². The van der Waals surface area contributed by atoms with Crippen LogP contribution in [0.1, 0.15) is 5.56 Å². The molecular formula is C14H12BrNO2. The molecule has 0 radical (unpaired) electrons. The third-order valence-electron chi connectivity index (χ3n) is 2.44. The van der Waals surface area contributed by atoms with Crippen molar-refractivity contribution in [3.8, 4) is 5.75 Å². The monoisotopic (exact) mass is 305 g/mol. The van der Waals surface area contributed by atoms with Gasteiger partial charge in [-0.25, -0.2) is 0 Å². The second-order valence-corrected chi connectivity index (χ2v) is 4.79. The third-order valence-corrected chi connectivity index (χ3v) is 2.93. The highest BCUT2D eigenvalue weighted by Crippen LogP contribution is 2.26. The summed E-state index contributed by atoms with van der Waals surface area (Å²) in [7, 11) is 0. The van der Waals surface area contributed by atoms with E-state index in [1.807, 2.05) is 30.3 Å². The Bertz CT molecular complexity index is 555. The van der Waals surface area contributed by atoms with Crippen LogP contribution >= 0.6 is 15.9 Å². The molecule has 0 fully saturated rings. The van der Waals surface area contributed by atoms with Gasteiger partial charge in [0.15, 0.2) is 0 Å². The Morgan fingerprint density at radius 1 is 1.17 bits per heavy atom. The van der Waals surface area contributed by atoms with Gasteiger partial charge < -0.3 is 10.4 Å².